The van der Waals surface area contributed by atoms with E-state index in [1.54, 1.807) is 18.2 Å². The lowest BCUT2D eigenvalue weighted by molar-refractivity contribution is -0.149. The molecule has 1 aromatic rings. The van der Waals surface area contributed by atoms with Gasteiger partial charge in [-0.3, -0.25) is 4.79 Å². The molecule has 1 aliphatic rings. The van der Waals surface area contributed by atoms with Crippen LogP contribution in [0.4, 0.5) is 0 Å². The monoisotopic (exact) mass is 328 g/mol. The predicted molar refractivity (Wildman–Crippen MR) is 69.8 cm³/mol. The SMILES string of the molecule is O=C(NCC1CCC(C(=O)O)O1)c1cccc(Br)n1. The summed E-state index contributed by atoms with van der Waals surface area (Å²) in [6.07, 6.45) is 0.0943. The van der Waals surface area contributed by atoms with Gasteiger partial charge in [0.2, 0.25) is 0 Å². The number of carboxylic acid groups (broad SMARTS) is 1. The number of aliphatic carboxylic acids is 1. The van der Waals surface area contributed by atoms with Gasteiger partial charge in [0.25, 0.3) is 5.91 Å². The highest BCUT2D eigenvalue weighted by Crippen LogP contribution is 2.19. The summed E-state index contributed by atoms with van der Waals surface area (Å²) in [5.74, 6) is -1.26. The molecule has 1 saturated heterocycles. The van der Waals surface area contributed by atoms with Gasteiger partial charge < -0.3 is 15.2 Å². The third-order valence-corrected chi connectivity index (χ3v) is 3.26. The van der Waals surface area contributed by atoms with Gasteiger partial charge in [-0.25, -0.2) is 9.78 Å². The van der Waals surface area contributed by atoms with Gasteiger partial charge in [-0.2, -0.15) is 0 Å². The first-order chi connectivity index (χ1) is 9.06. The Kier molecular flexibility index (Phi) is 4.49. The Morgan fingerprint density at radius 2 is 2.26 bits per heavy atom. The van der Waals surface area contributed by atoms with Crippen LogP contribution < -0.4 is 5.32 Å². The van der Waals surface area contributed by atoms with Crippen molar-refractivity contribution < 1.29 is 19.4 Å². The molecule has 102 valence electrons. The van der Waals surface area contributed by atoms with Gasteiger partial charge in [-0.15, -0.1) is 0 Å². The molecule has 0 aliphatic carbocycles. The molecule has 2 rings (SSSR count). The second kappa shape index (κ2) is 6.12. The second-order valence-corrected chi connectivity index (χ2v) is 5.03. The topological polar surface area (TPSA) is 88.5 Å². The van der Waals surface area contributed by atoms with Crippen molar-refractivity contribution in [3.05, 3.63) is 28.5 Å². The van der Waals surface area contributed by atoms with Crippen molar-refractivity contribution >= 4 is 27.8 Å². The van der Waals surface area contributed by atoms with Crippen molar-refractivity contribution in [2.75, 3.05) is 6.54 Å². The van der Waals surface area contributed by atoms with Crippen molar-refractivity contribution in [1.82, 2.24) is 10.3 Å². The molecule has 1 fully saturated rings. The minimum atomic E-state index is -0.956. The fourth-order valence-corrected chi connectivity index (χ4v) is 2.21. The molecule has 0 saturated carbocycles. The molecule has 0 bridgehead atoms. The van der Waals surface area contributed by atoms with Gasteiger partial charge in [0.15, 0.2) is 6.10 Å². The number of aromatic nitrogens is 1. The Labute approximate surface area is 118 Å². The van der Waals surface area contributed by atoms with Gasteiger partial charge in [-0.05, 0) is 40.9 Å². The Morgan fingerprint density at radius 3 is 2.89 bits per heavy atom. The lowest BCUT2D eigenvalue weighted by Crippen LogP contribution is -2.33. The molecule has 0 spiro atoms. The van der Waals surface area contributed by atoms with Crippen LogP contribution >= 0.6 is 15.9 Å². The van der Waals surface area contributed by atoms with Crippen LogP contribution in [0.2, 0.25) is 0 Å². The highest BCUT2D eigenvalue weighted by atomic mass is 79.9. The summed E-state index contributed by atoms with van der Waals surface area (Å²) in [5.41, 5.74) is 0.308. The number of rotatable bonds is 4. The third kappa shape index (κ3) is 3.74. The van der Waals surface area contributed by atoms with E-state index in [1.165, 1.54) is 0 Å². The molecular weight excluding hydrogens is 316 g/mol. The summed E-state index contributed by atoms with van der Waals surface area (Å²) >= 11 is 3.19. The molecule has 0 radical (unpaired) electrons. The van der Waals surface area contributed by atoms with Crippen LogP contribution in [0.3, 0.4) is 0 Å². The summed E-state index contributed by atoms with van der Waals surface area (Å²) in [4.78, 5) is 26.6. The minimum absolute atomic E-state index is 0.253. The fourth-order valence-electron chi connectivity index (χ4n) is 1.87. The van der Waals surface area contributed by atoms with Crippen LogP contribution in [-0.2, 0) is 9.53 Å². The van der Waals surface area contributed by atoms with Gasteiger partial charge in [-0.1, -0.05) is 6.07 Å². The number of halogens is 1. The molecule has 1 aliphatic heterocycles. The van der Waals surface area contributed by atoms with Crippen LogP contribution in [0.25, 0.3) is 0 Å². The number of amides is 1. The molecule has 2 heterocycles. The first-order valence-corrected chi connectivity index (χ1v) is 6.64. The lowest BCUT2D eigenvalue weighted by Gasteiger charge is -2.12. The van der Waals surface area contributed by atoms with E-state index in [0.29, 0.717) is 23.1 Å². The first kappa shape index (κ1) is 14.0. The molecule has 7 heteroatoms. The Balaban J connectivity index is 1.83. The van der Waals surface area contributed by atoms with Crippen molar-refractivity contribution in [2.45, 2.75) is 25.0 Å². The van der Waals surface area contributed by atoms with Gasteiger partial charge in [0.05, 0.1) is 6.10 Å². The van der Waals surface area contributed by atoms with Crippen LogP contribution in [0.5, 0.6) is 0 Å². The van der Waals surface area contributed by atoms with E-state index >= 15 is 0 Å². The maximum Gasteiger partial charge on any atom is 0.332 e. The maximum absolute atomic E-state index is 11.8. The zero-order valence-electron chi connectivity index (χ0n) is 10.0. The molecule has 2 atom stereocenters. The van der Waals surface area contributed by atoms with Crippen LogP contribution in [-0.4, -0.2) is 40.7 Å². The summed E-state index contributed by atoms with van der Waals surface area (Å²) in [5, 5.41) is 11.5. The number of nitrogens with zero attached hydrogens (tertiary/aromatic N) is 1. The number of hydrogen-bond donors (Lipinski definition) is 2. The zero-order valence-corrected chi connectivity index (χ0v) is 11.6. The van der Waals surface area contributed by atoms with Gasteiger partial charge >= 0.3 is 5.97 Å². The Morgan fingerprint density at radius 1 is 1.47 bits per heavy atom. The number of nitrogens with one attached hydrogen (secondary N) is 1. The molecule has 1 amide bonds. The molecular formula is C12H13BrN2O4. The largest absolute Gasteiger partial charge is 0.479 e. The molecule has 0 aromatic carbocycles. The standard InChI is InChI=1S/C12H13BrN2O4/c13-10-3-1-2-8(15-10)11(16)14-6-7-4-5-9(19-7)12(17)18/h1-3,7,9H,4-6H2,(H,14,16)(H,17,18). The maximum atomic E-state index is 11.8. The van der Waals surface area contributed by atoms with Crippen molar-refractivity contribution in [3.63, 3.8) is 0 Å². The zero-order chi connectivity index (χ0) is 13.8. The highest BCUT2D eigenvalue weighted by Gasteiger charge is 2.30. The van der Waals surface area contributed by atoms with Crippen molar-refractivity contribution in [3.8, 4) is 0 Å². The molecule has 1 aromatic heterocycles. The quantitative estimate of drug-likeness (QED) is 0.811. The predicted octanol–water partition coefficient (Wildman–Crippen LogP) is 1.21. The van der Waals surface area contributed by atoms with E-state index in [4.69, 9.17) is 9.84 Å². The molecule has 2 N–H and O–H groups in total. The summed E-state index contributed by atoms with van der Waals surface area (Å²) < 4.78 is 5.88. The van der Waals surface area contributed by atoms with Crippen LogP contribution in [0.1, 0.15) is 23.3 Å². The van der Waals surface area contributed by atoms with Crippen molar-refractivity contribution in [1.29, 1.82) is 0 Å². The number of hydrogen-bond acceptors (Lipinski definition) is 4. The molecule has 6 nitrogen and oxygen atoms in total. The van der Waals surface area contributed by atoms with Gasteiger partial charge in [0.1, 0.15) is 10.3 Å². The molecule has 19 heavy (non-hydrogen) atoms. The number of ether oxygens (including phenoxy) is 1. The first-order valence-electron chi connectivity index (χ1n) is 5.85. The smallest absolute Gasteiger partial charge is 0.332 e. The number of carbonyl (C=O) groups is 2. The second-order valence-electron chi connectivity index (χ2n) is 4.22. The van der Waals surface area contributed by atoms with E-state index in [0.717, 1.165) is 0 Å². The highest BCUT2D eigenvalue weighted by molar-refractivity contribution is 9.10. The van der Waals surface area contributed by atoms with Crippen LogP contribution in [0, 0.1) is 0 Å². The minimum Gasteiger partial charge on any atom is -0.479 e. The average Bonchev–Trinajstić information content (AvgIpc) is 2.85. The van der Waals surface area contributed by atoms with Crippen LogP contribution in [0.15, 0.2) is 22.8 Å². The number of carboxylic acids is 1. The normalized spacial score (nSPS) is 22.2. The Bertz CT molecular complexity index is 494. The van der Waals surface area contributed by atoms with Crippen molar-refractivity contribution in [2.24, 2.45) is 0 Å². The molecule has 2 unspecified atom stereocenters. The van der Waals surface area contributed by atoms with E-state index in [-0.39, 0.29) is 18.6 Å². The third-order valence-electron chi connectivity index (χ3n) is 2.82. The summed E-state index contributed by atoms with van der Waals surface area (Å²) in [7, 11) is 0. The van der Waals surface area contributed by atoms with Gasteiger partial charge in [0, 0.05) is 6.54 Å². The number of carbonyl (C=O) groups excluding carboxylic acids is 1. The Hall–Kier alpha value is -1.47. The summed E-state index contributed by atoms with van der Waals surface area (Å²) in [6, 6.07) is 5.06. The number of pyridine rings is 1. The summed E-state index contributed by atoms with van der Waals surface area (Å²) in [6.45, 7) is 0.288. The fraction of sp³-hybridized carbons (Fsp3) is 0.417. The lowest BCUT2D eigenvalue weighted by atomic mass is 10.2. The van der Waals surface area contributed by atoms with E-state index in [1.807, 2.05) is 0 Å². The average molecular weight is 329 g/mol. The van der Waals surface area contributed by atoms with E-state index in [9.17, 15) is 9.59 Å². The van der Waals surface area contributed by atoms with E-state index in [2.05, 4.69) is 26.2 Å². The van der Waals surface area contributed by atoms with E-state index < -0.39 is 12.1 Å².